The van der Waals surface area contributed by atoms with Crippen molar-refractivity contribution >= 4 is 23.1 Å². The van der Waals surface area contributed by atoms with Crippen LogP contribution in [0.25, 0.3) is 5.57 Å². The first-order chi connectivity index (χ1) is 17.6. The number of rotatable bonds is 8. The van der Waals surface area contributed by atoms with Gasteiger partial charge >= 0.3 is 5.97 Å². The Bertz CT molecular complexity index is 1390. The van der Waals surface area contributed by atoms with E-state index in [1.54, 1.807) is 0 Å². The minimum absolute atomic E-state index is 0.0376. The van der Waals surface area contributed by atoms with Crippen molar-refractivity contribution in [3.8, 4) is 5.75 Å². The number of benzene rings is 3. The molecule has 0 spiro atoms. The fourth-order valence-corrected chi connectivity index (χ4v) is 5.14. The molecule has 1 atom stereocenters. The zero-order valence-corrected chi connectivity index (χ0v) is 20.6. The summed E-state index contributed by atoms with van der Waals surface area (Å²) in [4.78, 5) is 11.0. The van der Waals surface area contributed by atoms with Crippen molar-refractivity contribution < 1.29 is 14.6 Å². The van der Waals surface area contributed by atoms with Crippen LogP contribution in [0.2, 0.25) is 5.02 Å². The number of halogens is 1. The maximum Gasteiger partial charge on any atom is 0.341 e. The van der Waals surface area contributed by atoms with Crippen molar-refractivity contribution in [2.45, 2.75) is 31.7 Å². The Labute approximate surface area is 215 Å². The molecule has 0 bridgehead atoms. The van der Waals surface area contributed by atoms with Gasteiger partial charge in [0.25, 0.3) is 0 Å². The lowest BCUT2D eigenvalue weighted by Crippen LogP contribution is -2.12. The summed E-state index contributed by atoms with van der Waals surface area (Å²) in [5.41, 5.74) is 6.88. The summed E-state index contributed by atoms with van der Waals surface area (Å²) in [6, 6.07) is 24.3. The monoisotopic (exact) mass is 498 g/mol. The zero-order chi connectivity index (χ0) is 24.9. The number of hydrogen-bond acceptors (Lipinski definition) is 3. The molecule has 3 aromatic carbocycles. The number of allylic oxidation sites excluding steroid dienone is 2. The largest absolute Gasteiger partial charge is 0.482 e. The van der Waals surface area contributed by atoms with Crippen LogP contribution in [-0.2, 0) is 17.8 Å². The summed E-state index contributed by atoms with van der Waals surface area (Å²) in [5.74, 6) is -0.273. The van der Waals surface area contributed by atoms with E-state index >= 15 is 0 Å². The molecular weight excluding hydrogens is 472 g/mol. The van der Waals surface area contributed by atoms with Gasteiger partial charge in [-0.1, -0.05) is 72.3 Å². The standard InChI is InChI=1S/C30H27ClN2O3/c31-25-11-4-10-23(17-25)30(22-7-2-1-3-8-22)24-18-32-33(19-24)16-15-21-9-5-13-27-26(21)12-6-14-28(27)36-20-29(34)35/h1-4,6-8,10-12,14-15,17-19,30H,5,9,13,16,20H2,(H,34,35)/b21-15-. The number of fused-ring (bicyclic) bond motifs is 1. The van der Waals surface area contributed by atoms with Gasteiger partial charge in [-0.3, -0.25) is 4.68 Å². The lowest BCUT2D eigenvalue weighted by Gasteiger charge is -2.22. The highest BCUT2D eigenvalue weighted by atomic mass is 35.5. The molecule has 1 heterocycles. The second-order valence-electron chi connectivity index (χ2n) is 8.94. The fourth-order valence-electron chi connectivity index (χ4n) is 4.94. The van der Waals surface area contributed by atoms with Gasteiger partial charge < -0.3 is 9.84 Å². The van der Waals surface area contributed by atoms with Gasteiger partial charge in [0.2, 0.25) is 0 Å². The van der Waals surface area contributed by atoms with Gasteiger partial charge in [0.1, 0.15) is 5.75 Å². The SMILES string of the molecule is O=C(O)COc1cccc2c1CCC/C2=C/Cn1cc(C(c2ccccc2)c2cccc(Cl)c2)cn1. The predicted molar refractivity (Wildman–Crippen MR) is 142 cm³/mol. The Morgan fingerprint density at radius 2 is 1.83 bits per heavy atom. The molecule has 0 aliphatic heterocycles. The number of carboxylic acid groups (broad SMARTS) is 1. The summed E-state index contributed by atoms with van der Waals surface area (Å²) in [5, 5.41) is 14.4. The van der Waals surface area contributed by atoms with Gasteiger partial charge in [0, 0.05) is 28.3 Å². The molecule has 1 aliphatic rings. The average Bonchev–Trinajstić information content (AvgIpc) is 3.35. The molecule has 0 saturated heterocycles. The third-order valence-electron chi connectivity index (χ3n) is 6.53. The highest BCUT2D eigenvalue weighted by Crippen LogP contribution is 2.36. The minimum Gasteiger partial charge on any atom is -0.482 e. The van der Waals surface area contributed by atoms with Gasteiger partial charge in [0.05, 0.1) is 12.7 Å². The summed E-state index contributed by atoms with van der Waals surface area (Å²) in [6.45, 7) is 0.312. The molecule has 0 radical (unpaired) electrons. The maximum absolute atomic E-state index is 11.0. The second-order valence-corrected chi connectivity index (χ2v) is 9.38. The smallest absolute Gasteiger partial charge is 0.341 e. The number of ether oxygens (including phenoxy) is 1. The van der Waals surface area contributed by atoms with E-state index in [1.807, 2.05) is 47.3 Å². The lowest BCUT2D eigenvalue weighted by molar-refractivity contribution is -0.139. The van der Waals surface area contributed by atoms with Crippen molar-refractivity contribution in [3.05, 3.63) is 124 Å². The fraction of sp³-hybridized carbons (Fsp3) is 0.200. The van der Waals surface area contributed by atoms with E-state index in [0.29, 0.717) is 17.3 Å². The molecule has 6 heteroatoms. The van der Waals surface area contributed by atoms with Gasteiger partial charge in [-0.05, 0) is 59.7 Å². The van der Waals surface area contributed by atoms with Crippen molar-refractivity contribution in [2.24, 2.45) is 0 Å². The lowest BCUT2D eigenvalue weighted by atomic mass is 9.86. The van der Waals surface area contributed by atoms with Crippen LogP contribution >= 0.6 is 11.6 Å². The molecule has 0 amide bonds. The Kier molecular flexibility index (Phi) is 7.19. The molecule has 1 unspecified atom stereocenters. The Hall–Kier alpha value is -3.83. The summed E-state index contributed by atoms with van der Waals surface area (Å²) < 4.78 is 7.51. The number of hydrogen-bond donors (Lipinski definition) is 1. The van der Waals surface area contributed by atoms with E-state index < -0.39 is 5.97 Å². The normalized spacial score (nSPS) is 14.9. The van der Waals surface area contributed by atoms with Gasteiger partial charge in [-0.2, -0.15) is 5.10 Å². The second kappa shape index (κ2) is 10.8. The third kappa shape index (κ3) is 5.37. The number of carboxylic acids is 1. The van der Waals surface area contributed by atoms with Gasteiger partial charge in [-0.25, -0.2) is 4.79 Å². The summed E-state index contributed by atoms with van der Waals surface area (Å²) in [6.07, 6.45) is 9.11. The molecule has 5 rings (SSSR count). The molecule has 4 aromatic rings. The highest BCUT2D eigenvalue weighted by molar-refractivity contribution is 6.30. The van der Waals surface area contributed by atoms with Crippen LogP contribution in [0.15, 0.2) is 91.3 Å². The summed E-state index contributed by atoms with van der Waals surface area (Å²) in [7, 11) is 0. The molecule has 0 fully saturated rings. The van der Waals surface area contributed by atoms with Crippen LogP contribution in [0, 0.1) is 0 Å². The third-order valence-corrected chi connectivity index (χ3v) is 6.76. The van der Waals surface area contributed by atoms with Crippen molar-refractivity contribution in [1.29, 1.82) is 0 Å². The molecule has 1 N–H and O–H groups in total. The topological polar surface area (TPSA) is 64.3 Å². The number of carbonyl (C=O) groups is 1. The van der Waals surface area contributed by atoms with E-state index in [0.717, 1.165) is 41.5 Å². The van der Waals surface area contributed by atoms with Gasteiger partial charge in [-0.15, -0.1) is 0 Å². The predicted octanol–water partition coefficient (Wildman–Crippen LogP) is 6.60. The molecular formula is C30H27ClN2O3. The van der Waals surface area contributed by atoms with Crippen LogP contribution in [0.4, 0.5) is 0 Å². The highest BCUT2D eigenvalue weighted by Gasteiger charge is 2.20. The molecule has 36 heavy (non-hydrogen) atoms. The maximum atomic E-state index is 11.0. The van der Waals surface area contributed by atoms with Crippen LogP contribution in [0.1, 0.15) is 46.6 Å². The molecule has 5 nitrogen and oxygen atoms in total. The molecule has 0 saturated carbocycles. The molecule has 182 valence electrons. The number of aliphatic carboxylic acids is 1. The first-order valence-electron chi connectivity index (χ1n) is 12.1. The van der Waals surface area contributed by atoms with Gasteiger partial charge in [0.15, 0.2) is 6.61 Å². The van der Waals surface area contributed by atoms with E-state index in [1.165, 1.54) is 11.1 Å². The van der Waals surface area contributed by atoms with Crippen molar-refractivity contribution in [1.82, 2.24) is 9.78 Å². The van der Waals surface area contributed by atoms with Crippen LogP contribution < -0.4 is 4.74 Å². The zero-order valence-electron chi connectivity index (χ0n) is 19.8. The molecule has 1 aromatic heterocycles. The Morgan fingerprint density at radius 3 is 2.64 bits per heavy atom. The minimum atomic E-state index is -0.972. The quantitative estimate of drug-likeness (QED) is 0.297. The average molecular weight is 499 g/mol. The van der Waals surface area contributed by atoms with Crippen LogP contribution in [0.3, 0.4) is 0 Å². The van der Waals surface area contributed by atoms with E-state index in [-0.39, 0.29) is 12.5 Å². The Morgan fingerprint density at radius 1 is 1.03 bits per heavy atom. The number of aromatic nitrogens is 2. The van der Waals surface area contributed by atoms with Crippen LogP contribution in [0.5, 0.6) is 5.75 Å². The molecule has 1 aliphatic carbocycles. The Balaban J connectivity index is 1.41. The van der Waals surface area contributed by atoms with Crippen molar-refractivity contribution in [2.75, 3.05) is 6.61 Å². The van der Waals surface area contributed by atoms with E-state index in [9.17, 15) is 4.79 Å². The first-order valence-corrected chi connectivity index (χ1v) is 12.4. The van der Waals surface area contributed by atoms with E-state index in [4.69, 9.17) is 21.4 Å². The van der Waals surface area contributed by atoms with E-state index in [2.05, 4.69) is 53.8 Å². The van der Waals surface area contributed by atoms with Crippen LogP contribution in [-0.4, -0.2) is 27.5 Å². The number of nitrogens with zero attached hydrogens (tertiary/aromatic N) is 2. The first kappa shape index (κ1) is 23.9. The van der Waals surface area contributed by atoms with Crippen molar-refractivity contribution in [3.63, 3.8) is 0 Å². The summed E-state index contributed by atoms with van der Waals surface area (Å²) >= 11 is 6.33.